The van der Waals surface area contributed by atoms with Crippen molar-refractivity contribution >= 4 is 21.4 Å². The zero-order valence-electron chi connectivity index (χ0n) is 19.3. The lowest BCUT2D eigenvalue weighted by Crippen LogP contribution is -2.37. The van der Waals surface area contributed by atoms with Crippen molar-refractivity contribution in [1.29, 1.82) is 0 Å². The molecule has 0 saturated carbocycles. The molecule has 1 aliphatic rings. The molecule has 1 atom stereocenters. The Morgan fingerprint density at radius 3 is 2.30 bits per heavy atom. The first-order chi connectivity index (χ1) is 16.0. The minimum absolute atomic E-state index is 0.196. The van der Waals surface area contributed by atoms with Gasteiger partial charge in [0, 0.05) is 13.6 Å². The number of hydrogen-bond acceptors (Lipinski definition) is 4. The fourth-order valence-electron chi connectivity index (χ4n) is 4.75. The van der Waals surface area contributed by atoms with Crippen molar-refractivity contribution in [3.63, 3.8) is 0 Å². The lowest BCUT2D eigenvalue weighted by Gasteiger charge is -2.33. The molecule has 1 aromatic heterocycles. The number of likely N-dealkylation sites (N-methyl/N-ethyl adjacent to an activating group) is 1. The third kappa shape index (κ3) is 6.54. The van der Waals surface area contributed by atoms with Gasteiger partial charge in [0.1, 0.15) is 0 Å². The molecule has 0 aliphatic carbocycles. The van der Waals surface area contributed by atoms with E-state index in [1.54, 1.807) is 42.6 Å². The Balaban J connectivity index is 1.32. The molecule has 0 N–H and O–H groups in total. The summed E-state index contributed by atoms with van der Waals surface area (Å²) in [6.45, 7) is 3.77. The lowest BCUT2D eigenvalue weighted by molar-refractivity contribution is 0.177. The van der Waals surface area contributed by atoms with Gasteiger partial charge in [-0.25, -0.2) is 12.7 Å². The molecule has 1 fully saturated rings. The lowest BCUT2D eigenvalue weighted by atomic mass is 9.89. The first-order valence-electron chi connectivity index (χ1n) is 11.8. The molecule has 4 nitrogen and oxygen atoms in total. The van der Waals surface area contributed by atoms with Crippen molar-refractivity contribution in [2.45, 2.75) is 36.5 Å². The summed E-state index contributed by atoms with van der Waals surface area (Å²) in [7, 11) is -1.78. The Morgan fingerprint density at radius 1 is 1.00 bits per heavy atom. The molecule has 3 aromatic rings. The Labute approximate surface area is 202 Å². The number of nitrogens with zero attached hydrogens (tertiary/aromatic N) is 2. The highest BCUT2D eigenvalue weighted by atomic mass is 32.2. The number of sulfonamides is 1. The molecule has 0 bridgehead atoms. The van der Waals surface area contributed by atoms with Gasteiger partial charge in [-0.1, -0.05) is 48.5 Å². The highest BCUT2D eigenvalue weighted by molar-refractivity contribution is 7.89. The summed E-state index contributed by atoms with van der Waals surface area (Å²) >= 11 is 1.68. The summed E-state index contributed by atoms with van der Waals surface area (Å²) in [5.41, 5.74) is 2.69. The molecule has 176 valence electrons. The van der Waals surface area contributed by atoms with Crippen molar-refractivity contribution < 1.29 is 8.42 Å². The van der Waals surface area contributed by atoms with Gasteiger partial charge in [-0.05, 0) is 97.2 Å². The maximum atomic E-state index is 13.0. The highest BCUT2D eigenvalue weighted by Gasteiger charge is 2.26. The second-order valence-electron chi connectivity index (χ2n) is 9.12. The summed E-state index contributed by atoms with van der Waals surface area (Å²) in [6.07, 6.45) is 4.61. The van der Waals surface area contributed by atoms with Gasteiger partial charge < -0.3 is 4.90 Å². The smallest absolute Gasteiger partial charge is 0.242 e. The molecule has 33 heavy (non-hydrogen) atoms. The summed E-state index contributed by atoms with van der Waals surface area (Å²) in [5.74, 6) is 0.959. The quantitative estimate of drug-likeness (QED) is 0.383. The van der Waals surface area contributed by atoms with Gasteiger partial charge in [-0.2, -0.15) is 11.3 Å². The van der Waals surface area contributed by atoms with Gasteiger partial charge in [0.25, 0.3) is 0 Å². The molecule has 0 spiro atoms. The van der Waals surface area contributed by atoms with Crippen LogP contribution < -0.4 is 0 Å². The van der Waals surface area contributed by atoms with Crippen molar-refractivity contribution in [2.75, 3.05) is 33.2 Å². The van der Waals surface area contributed by atoms with E-state index >= 15 is 0 Å². The largest absolute Gasteiger partial charge is 0.303 e. The van der Waals surface area contributed by atoms with Crippen molar-refractivity contribution in [1.82, 2.24) is 9.21 Å². The molecule has 1 aliphatic heterocycles. The fraction of sp³-hybridized carbons (Fsp3) is 0.407. The van der Waals surface area contributed by atoms with E-state index in [1.165, 1.54) is 34.7 Å². The van der Waals surface area contributed by atoms with E-state index in [2.05, 4.69) is 52.1 Å². The second-order valence-corrected chi connectivity index (χ2v) is 11.9. The molecule has 4 rings (SSSR count). The van der Waals surface area contributed by atoms with Crippen molar-refractivity contribution in [2.24, 2.45) is 5.92 Å². The first-order valence-corrected chi connectivity index (χ1v) is 14.2. The maximum Gasteiger partial charge on any atom is 0.242 e. The van der Waals surface area contributed by atoms with E-state index in [4.69, 9.17) is 0 Å². The van der Waals surface area contributed by atoms with Crippen LogP contribution in [0.25, 0.3) is 0 Å². The molecule has 1 unspecified atom stereocenters. The number of likely N-dealkylation sites (tertiary alicyclic amines) is 1. The number of hydrogen-bond donors (Lipinski definition) is 0. The molecule has 1 saturated heterocycles. The Hall–Kier alpha value is -1.99. The predicted molar refractivity (Wildman–Crippen MR) is 137 cm³/mol. The van der Waals surface area contributed by atoms with Gasteiger partial charge in [-0.3, -0.25) is 0 Å². The van der Waals surface area contributed by atoms with Crippen LogP contribution in [0, 0.1) is 5.92 Å². The van der Waals surface area contributed by atoms with Gasteiger partial charge in [0.2, 0.25) is 10.0 Å². The monoisotopic (exact) mass is 482 g/mol. The van der Waals surface area contributed by atoms with Crippen LogP contribution >= 0.6 is 11.3 Å². The van der Waals surface area contributed by atoms with E-state index in [9.17, 15) is 8.42 Å². The van der Waals surface area contributed by atoms with Gasteiger partial charge in [0.05, 0.1) is 4.90 Å². The van der Waals surface area contributed by atoms with E-state index < -0.39 is 10.0 Å². The average molecular weight is 483 g/mol. The van der Waals surface area contributed by atoms with Gasteiger partial charge in [-0.15, -0.1) is 0 Å². The zero-order valence-corrected chi connectivity index (χ0v) is 21.0. The standard InChI is InChI=1S/C27H34N2O2S2/c1-28(33(30,31)27-10-6-3-7-11-27)21-25(26-15-19-32-22-26)14-18-29-16-12-24(13-17-29)20-23-8-4-2-5-9-23/h2-11,15,19,22,24-25H,12-14,16-18,20-21H2,1H3. The van der Waals surface area contributed by atoms with Crippen LogP contribution in [0.15, 0.2) is 82.4 Å². The molecule has 2 heterocycles. The Bertz CT molecular complexity index is 1060. The molecule has 2 aromatic carbocycles. The summed E-state index contributed by atoms with van der Waals surface area (Å²) < 4.78 is 27.6. The van der Waals surface area contributed by atoms with Crippen molar-refractivity contribution in [3.05, 3.63) is 88.6 Å². The van der Waals surface area contributed by atoms with Crippen LogP contribution in [0.4, 0.5) is 0 Å². The van der Waals surface area contributed by atoms with Gasteiger partial charge in [0.15, 0.2) is 0 Å². The second kappa shape index (κ2) is 11.4. The highest BCUT2D eigenvalue weighted by Crippen LogP contribution is 2.28. The Kier molecular flexibility index (Phi) is 8.36. The van der Waals surface area contributed by atoms with Crippen molar-refractivity contribution in [3.8, 4) is 0 Å². The zero-order chi connectivity index (χ0) is 23.1. The van der Waals surface area contributed by atoms with E-state index in [0.29, 0.717) is 11.4 Å². The van der Waals surface area contributed by atoms with Crippen LogP contribution in [0.3, 0.4) is 0 Å². The summed E-state index contributed by atoms with van der Waals surface area (Å²) in [6, 6.07) is 21.7. The average Bonchev–Trinajstić information content (AvgIpc) is 3.39. The summed E-state index contributed by atoms with van der Waals surface area (Å²) in [5, 5.41) is 4.25. The minimum atomic E-state index is -3.48. The number of benzene rings is 2. The van der Waals surface area contributed by atoms with Crippen LogP contribution in [0.1, 0.15) is 36.3 Å². The number of rotatable bonds is 10. The maximum absolute atomic E-state index is 13.0. The molecular weight excluding hydrogens is 448 g/mol. The molecular formula is C27H34N2O2S2. The topological polar surface area (TPSA) is 40.6 Å². The molecule has 0 radical (unpaired) electrons. The first kappa shape index (κ1) is 24.1. The van der Waals surface area contributed by atoms with Crippen LogP contribution in [-0.4, -0.2) is 50.8 Å². The van der Waals surface area contributed by atoms with Crippen LogP contribution in [0.2, 0.25) is 0 Å². The number of thiophene rings is 1. The normalized spacial score (nSPS) is 16.8. The Morgan fingerprint density at radius 2 is 1.67 bits per heavy atom. The van der Waals surface area contributed by atoms with E-state index in [-0.39, 0.29) is 5.92 Å². The van der Waals surface area contributed by atoms with E-state index in [0.717, 1.165) is 32.0 Å². The predicted octanol–water partition coefficient (Wildman–Crippen LogP) is 5.50. The fourth-order valence-corrected chi connectivity index (χ4v) is 6.73. The van der Waals surface area contributed by atoms with Gasteiger partial charge >= 0.3 is 0 Å². The van der Waals surface area contributed by atoms with Crippen LogP contribution in [0.5, 0.6) is 0 Å². The minimum Gasteiger partial charge on any atom is -0.303 e. The molecule has 0 amide bonds. The van der Waals surface area contributed by atoms with Crippen LogP contribution in [-0.2, 0) is 16.4 Å². The van der Waals surface area contributed by atoms with E-state index in [1.807, 2.05) is 6.07 Å². The third-order valence-corrected chi connectivity index (χ3v) is 9.35. The molecule has 6 heteroatoms. The third-order valence-electron chi connectivity index (χ3n) is 6.81. The SMILES string of the molecule is CN(CC(CCN1CCC(Cc2ccccc2)CC1)c1ccsc1)S(=O)(=O)c1ccccc1. The summed E-state index contributed by atoms with van der Waals surface area (Å²) in [4.78, 5) is 2.92. The number of piperidine rings is 1.